The summed E-state index contributed by atoms with van der Waals surface area (Å²) in [5.74, 6) is 1.64. The summed E-state index contributed by atoms with van der Waals surface area (Å²) in [6.07, 6.45) is 0.677. The summed E-state index contributed by atoms with van der Waals surface area (Å²) in [4.78, 5) is 34.5. The molecular weight excluding hydrogens is 462 g/mol. The molecule has 0 N–H and O–H groups in total. The molecule has 4 rings (SSSR count). The molecule has 3 heterocycles. The van der Waals surface area contributed by atoms with E-state index in [-0.39, 0.29) is 5.56 Å². The summed E-state index contributed by atoms with van der Waals surface area (Å²) in [7, 11) is 2.95. The second-order valence-electron chi connectivity index (χ2n) is 7.26. The van der Waals surface area contributed by atoms with Crippen molar-refractivity contribution in [3.63, 3.8) is 0 Å². The number of rotatable bonds is 9. The lowest BCUT2D eigenvalue weighted by Crippen LogP contribution is -2.24. The molecule has 172 valence electrons. The monoisotopic (exact) mass is 485 g/mol. The molecule has 0 aliphatic rings. The fourth-order valence-electron chi connectivity index (χ4n) is 3.29. The summed E-state index contributed by atoms with van der Waals surface area (Å²) in [5.41, 5.74) is 1.52. The molecule has 0 atom stereocenters. The zero-order chi connectivity index (χ0) is 23.4. The van der Waals surface area contributed by atoms with Crippen LogP contribution >= 0.6 is 23.1 Å². The second-order valence-corrected chi connectivity index (χ2v) is 9.06. The Morgan fingerprint density at radius 3 is 2.79 bits per heavy atom. The molecule has 0 unspecified atom stereocenters. The van der Waals surface area contributed by atoms with Crippen LogP contribution in [0.2, 0.25) is 0 Å². The van der Waals surface area contributed by atoms with Gasteiger partial charge in [0.2, 0.25) is 0 Å². The van der Waals surface area contributed by atoms with Gasteiger partial charge in [-0.1, -0.05) is 11.8 Å². The van der Waals surface area contributed by atoms with E-state index in [2.05, 4.69) is 4.98 Å². The first-order chi connectivity index (χ1) is 16.0. The van der Waals surface area contributed by atoms with Crippen LogP contribution in [0.15, 0.2) is 50.1 Å². The molecular formula is C23H23N3O5S2. The van der Waals surface area contributed by atoms with E-state index in [1.807, 2.05) is 24.4 Å². The number of fused-ring (bicyclic) bond motifs is 1. The third-order valence-electron chi connectivity index (χ3n) is 4.92. The van der Waals surface area contributed by atoms with Gasteiger partial charge in [0.1, 0.15) is 5.76 Å². The average molecular weight is 486 g/mol. The number of aromatic nitrogens is 3. The lowest BCUT2D eigenvalue weighted by Gasteiger charge is -2.13. The summed E-state index contributed by atoms with van der Waals surface area (Å²) < 4.78 is 17.3. The van der Waals surface area contributed by atoms with Gasteiger partial charge in [0.15, 0.2) is 15.9 Å². The van der Waals surface area contributed by atoms with Crippen molar-refractivity contribution < 1.29 is 18.7 Å². The van der Waals surface area contributed by atoms with Crippen molar-refractivity contribution in [2.24, 2.45) is 0 Å². The average Bonchev–Trinajstić information content (AvgIpc) is 3.47. The third kappa shape index (κ3) is 5.18. The molecule has 0 aliphatic heterocycles. The predicted octanol–water partition coefficient (Wildman–Crippen LogP) is 4.54. The van der Waals surface area contributed by atoms with E-state index in [1.54, 1.807) is 29.9 Å². The normalized spacial score (nSPS) is 11.2. The SMILES string of the molecule is COCCCn1c(SCc2csc(-c3ccc(C)o3)n2)nc2cc(C(=O)OC)ccc2c1=O. The number of thioether (sulfide) groups is 1. The van der Waals surface area contributed by atoms with Crippen LogP contribution in [-0.2, 0) is 21.8 Å². The molecule has 0 fully saturated rings. The van der Waals surface area contributed by atoms with Gasteiger partial charge in [-0.15, -0.1) is 11.3 Å². The maximum Gasteiger partial charge on any atom is 0.337 e. The fourth-order valence-corrected chi connectivity index (χ4v) is 5.10. The Labute approximate surface area is 198 Å². The Balaban J connectivity index is 1.64. The number of aryl methyl sites for hydroxylation is 1. The van der Waals surface area contributed by atoms with Crippen molar-refractivity contribution in [3.05, 3.63) is 63.1 Å². The van der Waals surface area contributed by atoms with E-state index in [4.69, 9.17) is 18.9 Å². The Bertz CT molecular complexity index is 1340. The molecule has 0 radical (unpaired) electrons. The number of nitrogens with zero attached hydrogens (tertiary/aromatic N) is 3. The zero-order valence-electron chi connectivity index (χ0n) is 18.5. The predicted molar refractivity (Wildman–Crippen MR) is 128 cm³/mol. The highest BCUT2D eigenvalue weighted by atomic mass is 32.2. The van der Waals surface area contributed by atoms with Crippen molar-refractivity contribution in [1.29, 1.82) is 0 Å². The first-order valence-electron chi connectivity index (χ1n) is 10.3. The van der Waals surface area contributed by atoms with Gasteiger partial charge >= 0.3 is 5.97 Å². The van der Waals surface area contributed by atoms with Crippen molar-refractivity contribution in [3.8, 4) is 10.8 Å². The van der Waals surface area contributed by atoms with E-state index < -0.39 is 5.97 Å². The molecule has 0 aliphatic carbocycles. The van der Waals surface area contributed by atoms with E-state index in [0.717, 1.165) is 22.2 Å². The van der Waals surface area contributed by atoms with Crippen molar-refractivity contribution in [2.75, 3.05) is 20.8 Å². The largest absolute Gasteiger partial charge is 0.465 e. The van der Waals surface area contributed by atoms with Crippen LogP contribution in [0.25, 0.3) is 21.7 Å². The Morgan fingerprint density at radius 2 is 2.06 bits per heavy atom. The highest BCUT2D eigenvalue weighted by Gasteiger charge is 2.16. The molecule has 10 heteroatoms. The minimum Gasteiger partial charge on any atom is -0.465 e. The molecule has 4 aromatic rings. The molecule has 3 aromatic heterocycles. The first kappa shape index (κ1) is 23.2. The Morgan fingerprint density at radius 1 is 1.21 bits per heavy atom. The highest BCUT2D eigenvalue weighted by Crippen LogP contribution is 2.29. The molecule has 8 nitrogen and oxygen atoms in total. The van der Waals surface area contributed by atoms with Crippen molar-refractivity contribution in [2.45, 2.75) is 30.8 Å². The molecule has 33 heavy (non-hydrogen) atoms. The molecule has 1 aromatic carbocycles. The minimum atomic E-state index is -0.472. The van der Waals surface area contributed by atoms with E-state index in [9.17, 15) is 9.59 Å². The van der Waals surface area contributed by atoms with Gasteiger partial charge in [-0.3, -0.25) is 9.36 Å². The standard InChI is InChI=1S/C23H23N3O5S2/c1-14-5-8-19(31-14)20-24-16(12-32-20)13-33-23-25-18-11-15(22(28)30-3)6-7-17(18)21(27)26(23)9-4-10-29-2/h5-8,11-12H,4,9-10,13H2,1-3H3. The van der Waals surface area contributed by atoms with E-state index >= 15 is 0 Å². The number of methoxy groups -OCH3 is 2. The quantitative estimate of drug-likeness (QED) is 0.148. The summed E-state index contributed by atoms with van der Waals surface area (Å²) >= 11 is 2.94. The third-order valence-corrected chi connectivity index (χ3v) is 6.84. The van der Waals surface area contributed by atoms with Crippen LogP contribution in [-0.4, -0.2) is 41.3 Å². The summed E-state index contributed by atoms with van der Waals surface area (Å²) in [6.45, 7) is 2.91. The number of hydrogen-bond donors (Lipinski definition) is 0. The van der Waals surface area contributed by atoms with Crippen LogP contribution < -0.4 is 5.56 Å². The molecule has 0 spiro atoms. The van der Waals surface area contributed by atoms with Gasteiger partial charge in [-0.25, -0.2) is 14.8 Å². The number of hydrogen-bond acceptors (Lipinski definition) is 9. The van der Waals surface area contributed by atoms with Crippen LogP contribution in [0, 0.1) is 6.92 Å². The van der Waals surface area contributed by atoms with Crippen LogP contribution in [0.1, 0.15) is 28.2 Å². The van der Waals surface area contributed by atoms with Gasteiger partial charge in [0, 0.05) is 31.4 Å². The molecule has 0 saturated carbocycles. The second kappa shape index (κ2) is 10.3. The van der Waals surface area contributed by atoms with Gasteiger partial charge in [0.25, 0.3) is 5.56 Å². The van der Waals surface area contributed by atoms with Gasteiger partial charge < -0.3 is 13.9 Å². The number of carbonyl (C=O) groups excluding carboxylic acids is 1. The topological polar surface area (TPSA) is 96.5 Å². The maximum atomic E-state index is 13.2. The van der Waals surface area contributed by atoms with Crippen molar-refractivity contribution in [1.82, 2.24) is 14.5 Å². The first-order valence-corrected chi connectivity index (χ1v) is 12.1. The maximum absolute atomic E-state index is 13.2. The number of furan rings is 1. The lowest BCUT2D eigenvalue weighted by atomic mass is 10.1. The highest BCUT2D eigenvalue weighted by molar-refractivity contribution is 7.98. The summed E-state index contributed by atoms with van der Waals surface area (Å²) in [6, 6.07) is 8.60. The van der Waals surface area contributed by atoms with Crippen LogP contribution in [0.5, 0.6) is 0 Å². The minimum absolute atomic E-state index is 0.153. The number of esters is 1. The summed E-state index contributed by atoms with van der Waals surface area (Å²) in [5, 5.41) is 3.80. The lowest BCUT2D eigenvalue weighted by molar-refractivity contribution is 0.0601. The molecule has 0 saturated heterocycles. The molecule has 0 amide bonds. The van der Waals surface area contributed by atoms with Gasteiger partial charge in [-0.2, -0.15) is 0 Å². The number of thiazole rings is 1. The van der Waals surface area contributed by atoms with Gasteiger partial charge in [0.05, 0.1) is 29.3 Å². The van der Waals surface area contributed by atoms with Crippen LogP contribution in [0.3, 0.4) is 0 Å². The number of benzene rings is 1. The Kier molecular flexibility index (Phi) is 7.26. The molecule has 0 bridgehead atoms. The Hall–Kier alpha value is -2.95. The van der Waals surface area contributed by atoms with Gasteiger partial charge in [-0.05, 0) is 43.7 Å². The smallest absolute Gasteiger partial charge is 0.337 e. The fraction of sp³-hybridized carbons (Fsp3) is 0.304. The van der Waals surface area contributed by atoms with E-state index in [1.165, 1.54) is 30.2 Å². The zero-order valence-corrected chi connectivity index (χ0v) is 20.1. The van der Waals surface area contributed by atoms with Crippen LogP contribution in [0.4, 0.5) is 0 Å². The number of carbonyl (C=O) groups is 1. The van der Waals surface area contributed by atoms with E-state index in [0.29, 0.717) is 46.9 Å². The number of ether oxygens (including phenoxy) is 2. The van der Waals surface area contributed by atoms with Crippen molar-refractivity contribution >= 4 is 40.0 Å².